The van der Waals surface area contributed by atoms with Gasteiger partial charge in [0.25, 0.3) is 0 Å². The number of anilines is 1. The molecular formula is C13H18N4. The third kappa shape index (κ3) is 1.78. The van der Waals surface area contributed by atoms with E-state index in [-0.39, 0.29) is 0 Å². The minimum Gasteiger partial charge on any atom is -0.371 e. The van der Waals surface area contributed by atoms with Crippen molar-refractivity contribution in [1.29, 1.82) is 0 Å². The zero-order valence-corrected chi connectivity index (χ0v) is 10.1. The van der Waals surface area contributed by atoms with Crippen molar-refractivity contribution in [2.75, 3.05) is 18.0 Å². The monoisotopic (exact) mass is 230 g/mol. The normalized spacial score (nSPS) is 17.9. The summed E-state index contributed by atoms with van der Waals surface area (Å²) in [5.74, 6) is 0. The maximum absolute atomic E-state index is 5.95. The predicted octanol–water partition coefficient (Wildman–Crippen LogP) is 1.50. The second kappa shape index (κ2) is 4.04. The third-order valence-electron chi connectivity index (χ3n) is 3.63. The molecule has 0 atom stereocenters. The second-order valence-electron chi connectivity index (χ2n) is 4.82. The summed E-state index contributed by atoms with van der Waals surface area (Å²) in [4.78, 5) is 6.85. The van der Waals surface area contributed by atoms with Gasteiger partial charge in [-0.05, 0) is 25.0 Å². The topological polar surface area (TPSA) is 47.1 Å². The Labute approximate surface area is 101 Å². The molecule has 1 aliphatic rings. The summed E-state index contributed by atoms with van der Waals surface area (Å²) in [6.07, 6.45) is 6.12. The lowest BCUT2D eigenvalue weighted by Crippen LogP contribution is -2.39. The van der Waals surface area contributed by atoms with Crippen LogP contribution >= 0.6 is 0 Å². The molecule has 2 N–H and O–H groups in total. The van der Waals surface area contributed by atoms with Crippen LogP contribution in [0.5, 0.6) is 0 Å². The Morgan fingerprint density at radius 2 is 2.06 bits per heavy atom. The second-order valence-corrected chi connectivity index (χ2v) is 4.82. The summed E-state index contributed by atoms with van der Waals surface area (Å²) < 4.78 is 2.06. The van der Waals surface area contributed by atoms with Crippen molar-refractivity contribution in [3.63, 3.8) is 0 Å². The van der Waals surface area contributed by atoms with Gasteiger partial charge in [0.05, 0.1) is 0 Å². The lowest BCUT2D eigenvalue weighted by Gasteiger charge is -2.32. The largest absolute Gasteiger partial charge is 0.371 e. The van der Waals surface area contributed by atoms with E-state index in [1.165, 1.54) is 11.1 Å². The Morgan fingerprint density at radius 1 is 1.29 bits per heavy atom. The SMILES string of the molecule is Cn1ccc2c(N3CCC(N)CC3)ccnc21. The first-order valence-corrected chi connectivity index (χ1v) is 6.16. The van der Waals surface area contributed by atoms with Gasteiger partial charge in [-0.1, -0.05) is 0 Å². The van der Waals surface area contributed by atoms with E-state index < -0.39 is 0 Å². The Kier molecular flexibility index (Phi) is 2.52. The first-order valence-electron chi connectivity index (χ1n) is 6.16. The Morgan fingerprint density at radius 3 is 2.82 bits per heavy atom. The van der Waals surface area contributed by atoms with Crippen molar-refractivity contribution in [3.05, 3.63) is 24.5 Å². The number of hydrogen-bond donors (Lipinski definition) is 1. The average Bonchev–Trinajstić information content (AvgIpc) is 2.73. The molecule has 3 heterocycles. The van der Waals surface area contributed by atoms with E-state index in [9.17, 15) is 0 Å². The van der Waals surface area contributed by atoms with Crippen molar-refractivity contribution in [1.82, 2.24) is 9.55 Å². The summed E-state index contributed by atoms with van der Waals surface area (Å²) in [7, 11) is 2.03. The van der Waals surface area contributed by atoms with Gasteiger partial charge in [-0.15, -0.1) is 0 Å². The van der Waals surface area contributed by atoms with Gasteiger partial charge in [-0.2, -0.15) is 0 Å². The quantitative estimate of drug-likeness (QED) is 0.807. The van der Waals surface area contributed by atoms with Gasteiger partial charge in [-0.3, -0.25) is 0 Å². The fraction of sp³-hybridized carbons (Fsp3) is 0.462. The molecule has 0 spiro atoms. The molecule has 0 aromatic carbocycles. The minimum absolute atomic E-state index is 0.374. The molecule has 4 heteroatoms. The highest BCUT2D eigenvalue weighted by atomic mass is 15.1. The van der Waals surface area contributed by atoms with Gasteiger partial charge < -0.3 is 15.2 Å². The van der Waals surface area contributed by atoms with Crippen molar-refractivity contribution < 1.29 is 0 Å². The molecule has 1 saturated heterocycles. The van der Waals surface area contributed by atoms with Crippen molar-refractivity contribution >= 4 is 16.7 Å². The van der Waals surface area contributed by atoms with Crippen LogP contribution in [-0.4, -0.2) is 28.7 Å². The molecular weight excluding hydrogens is 212 g/mol. The van der Waals surface area contributed by atoms with E-state index in [4.69, 9.17) is 5.73 Å². The van der Waals surface area contributed by atoms with Crippen LogP contribution in [0, 0.1) is 0 Å². The number of nitrogens with two attached hydrogens (primary N) is 1. The molecule has 2 aromatic heterocycles. The maximum atomic E-state index is 5.95. The van der Waals surface area contributed by atoms with Crippen LogP contribution < -0.4 is 10.6 Å². The van der Waals surface area contributed by atoms with Gasteiger partial charge in [0.1, 0.15) is 5.65 Å². The summed E-state index contributed by atoms with van der Waals surface area (Å²) >= 11 is 0. The van der Waals surface area contributed by atoms with Gasteiger partial charge in [0.2, 0.25) is 0 Å². The zero-order chi connectivity index (χ0) is 11.8. The lowest BCUT2D eigenvalue weighted by molar-refractivity contribution is 0.502. The van der Waals surface area contributed by atoms with Crippen LogP contribution in [0.4, 0.5) is 5.69 Å². The van der Waals surface area contributed by atoms with Crippen LogP contribution in [0.3, 0.4) is 0 Å². The summed E-state index contributed by atoms with van der Waals surface area (Å²) in [6.45, 7) is 2.10. The number of nitrogens with zero attached hydrogens (tertiary/aromatic N) is 3. The molecule has 0 unspecified atom stereocenters. The highest BCUT2D eigenvalue weighted by Gasteiger charge is 2.18. The smallest absolute Gasteiger partial charge is 0.141 e. The van der Waals surface area contributed by atoms with E-state index in [0.29, 0.717) is 6.04 Å². The highest BCUT2D eigenvalue weighted by molar-refractivity contribution is 5.90. The number of fused-ring (bicyclic) bond motifs is 1. The molecule has 90 valence electrons. The minimum atomic E-state index is 0.374. The number of piperidine rings is 1. The summed E-state index contributed by atoms with van der Waals surface area (Å²) in [5, 5.41) is 1.24. The maximum Gasteiger partial charge on any atom is 0.141 e. The van der Waals surface area contributed by atoms with E-state index in [1.807, 2.05) is 13.2 Å². The van der Waals surface area contributed by atoms with Gasteiger partial charge in [0.15, 0.2) is 0 Å². The standard InChI is InChI=1S/C13H18N4/c1-16-7-5-11-12(2-6-15-13(11)16)17-8-3-10(14)4-9-17/h2,5-7,10H,3-4,8-9,14H2,1H3. The first kappa shape index (κ1) is 10.6. The highest BCUT2D eigenvalue weighted by Crippen LogP contribution is 2.27. The number of hydrogen-bond acceptors (Lipinski definition) is 3. The van der Waals surface area contributed by atoms with Crippen LogP contribution in [0.2, 0.25) is 0 Å². The molecule has 0 bridgehead atoms. The summed E-state index contributed by atoms with van der Waals surface area (Å²) in [6, 6.07) is 4.63. The van der Waals surface area contributed by atoms with Gasteiger partial charge in [0, 0.05) is 49.6 Å². The van der Waals surface area contributed by atoms with Crippen molar-refractivity contribution in [2.24, 2.45) is 12.8 Å². The molecule has 1 fully saturated rings. The number of aryl methyl sites for hydroxylation is 1. The molecule has 2 aromatic rings. The average molecular weight is 230 g/mol. The molecule has 0 radical (unpaired) electrons. The number of aromatic nitrogens is 2. The zero-order valence-electron chi connectivity index (χ0n) is 10.1. The van der Waals surface area contributed by atoms with Crippen molar-refractivity contribution in [2.45, 2.75) is 18.9 Å². The van der Waals surface area contributed by atoms with E-state index in [0.717, 1.165) is 31.6 Å². The Balaban J connectivity index is 2.00. The summed E-state index contributed by atoms with van der Waals surface area (Å²) in [5.41, 5.74) is 8.30. The molecule has 0 amide bonds. The third-order valence-corrected chi connectivity index (χ3v) is 3.63. The first-order chi connectivity index (χ1) is 8.25. The van der Waals surface area contributed by atoms with Gasteiger partial charge >= 0.3 is 0 Å². The predicted molar refractivity (Wildman–Crippen MR) is 70.1 cm³/mol. The molecule has 3 rings (SSSR count). The van der Waals surface area contributed by atoms with E-state index >= 15 is 0 Å². The lowest BCUT2D eigenvalue weighted by atomic mass is 10.1. The molecule has 4 nitrogen and oxygen atoms in total. The van der Waals surface area contributed by atoms with E-state index in [2.05, 4.69) is 32.8 Å². The Hall–Kier alpha value is -1.55. The Bertz CT molecular complexity index is 523. The van der Waals surface area contributed by atoms with Crippen LogP contribution in [0.1, 0.15) is 12.8 Å². The molecule has 0 saturated carbocycles. The van der Waals surface area contributed by atoms with Crippen LogP contribution in [0.15, 0.2) is 24.5 Å². The van der Waals surface area contributed by atoms with Crippen molar-refractivity contribution in [3.8, 4) is 0 Å². The fourth-order valence-electron chi connectivity index (χ4n) is 2.57. The molecule has 1 aliphatic heterocycles. The van der Waals surface area contributed by atoms with Crippen LogP contribution in [-0.2, 0) is 7.05 Å². The molecule has 0 aliphatic carbocycles. The van der Waals surface area contributed by atoms with Crippen LogP contribution in [0.25, 0.3) is 11.0 Å². The number of rotatable bonds is 1. The number of pyridine rings is 1. The van der Waals surface area contributed by atoms with E-state index in [1.54, 1.807) is 0 Å². The molecule has 17 heavy (non-hydrogen) atoms. The van der Waals surface area contributed by atoms with Gasteiger partial charge in [-0.25, -0.2) is 4.98 Å². The fourth-order valence-corrected chi connectivity index (χ4v) is 2.57.